The zero-order chi connectivity index (χ0) is 20.4. The normalized spacial score (nSPS) is 19.9. The quantitative estimate of drug-likeness (QED) is 0.597. The Bertz CT molecular complexity index is 1010. The van der Waals surface area contributed by atoms with Crippen LogP contribution in [0.4, 0.5) is 30.6 Å². The summed E-state index contributed by atoms with van der Waals surface area (Å²) in [4.78, 5) is 13.0. The van der Waals surface area contributed by atoms with Crippen LogP contribution in [-0.4, -0.2) is 27.0 Å². The number of pyridine rings is 1. The molecule has 0 radical (unpaired) electrons. The van der Waals surface area contributed by atoms with Gasteiger partial charge in [0.25, 0.3) is 0 Å². The Labute approximate surface area is 165 Å². The highest BCUT2D eigenvalue weighted by molar-refractivity contribution is 5.91. The summed E-state index contributed by atoms with van der Waals surface area (Å²) in [5.74, 6) is 0.588. The summed E-state index contributed by atoms with van der Waals surface area (Å²) in [6, 6.07) is 7.01. The fourth-order valence-corrected chi connectivity index (χ4v) is 3.60. The van der Waals surface area contributed by atoms with Crippen LogP contribution >= 0.6 is 0 Å². The molecule has 1 aromatic carbocycles. The van der Waals surface area contributed by atoms with Gasteiger partial charge in [-0.25, -0.2) is 4.98 Å². The molecule has 3 aromatic rings. The molecule has 0 unspecified atom stereocenters. The maximum absolute atomic E-state index is 13.4. The van der Waals surface area contributed by atoms with E-state index in [9.17, 15) is 13.2 Å². The molecule has 0 aliphatic heterocycles. The Morgan fingerprint density at radius 2 is 1.83 bits per heavy atom. The summed E-state index contributed by atoms with van der Waals surface area (Å²) < 4.78 is 40.2. The lowest BCUT2D eigenvalue weighted by Gasteiger charge is -2.29. The summed E-state index contributed by atoms with van der Waals surface area (Å²) in [7, 11) is 0. The van der Waals surface area contributed by atoms with Gasteiger partial charge in [0.05, 0.1) is 22.2 Å². The zero-order valence-corrected chi connectivity index (χ0v) is 15.6. The van der Waals surface area contributed by atoms with E-state index in [1.807, 2.05) is 0 Å². The SMILES string of the molecule is N[C@@H]1CCCC[C@H]1Nc1nc(Nc2ccccc2C(F)(F)F)c2cnccc2n1. The van der Waals surface area contributed by atoms with Gasteiger partial charge in [-0.2, -0.15) is 18.2 Å². The molecule has 1 aliphatic carbocycles. The molecule has 1 saturated carbocycles. The molecule has 0 bridgehead atoms. The highest BCUT2D eigenvalue weighted by Gasteiger charge is 2.33. The van der Waals surface area contributed by atoms with E-state index in [1.54, 1.807) is 18.3 Å². The van der Waals surface area contributed by atoms with Crippen LogP contribution in [0.1, 0.15) is 31.2 Å². The second-order valence-electron chi connectivity index (χ2n) is 7.16. The fraction of sp³-hybridized carbons (Fsp3) is 0.350. The predicted octanol–water partition coefficient (Wildman–Crippen LogP) is 4.47. The molecule has 0 spiro atoms. The Hall–Kier alpha value is -2.94. The number of halogens is 3. The molecular weight excluding hydrogens is 381 g/mol. The van der Waals surface area contributed by atoms with Crippen molar-refractivity contribution >= 4 is 28.4 Å². The van der Waals surface area contributed by atoms with Crippen LogP contribution in [-0.2, 0) is 6.18 Å². The van der Waals surface area contributed by atoms with Crippen molar-refractivity contribution in [1.29, 1.82) is 0 Å². The molecule has 29 heavy (non-hydrogen) atoms. The number of alkyl halides is 3. The average molecular weight is 402 g/mol. The van der Waals surface area contributed by atoms with Crippen molar-refractivity contribution in [3.05, 3.63) is 48.3 Å². The van der Waals surface area contributed by atoms with E-state index in [0.29, 0.717) is 16.9 Å². The van der Waals surface area contributed by atoms with E-state index in [4.69, 9.17) is 5.73 Å². The van der Waals surface area contributed by atoms with Gasteiger partial charge in [-0.3, -0.25) is 4.98 Å². The van der Waals surface area contributed by atoms with Crippen LogP contribution in [0.25, 0.3) is 10.9 Å². The molecule has 4 N–H and O–H groups in total. The summed E-state index contributed by atoms with van der Waals surface area (Å²) >= 11 is 0. The lowest BCUT2D eigenvalue weighted by atomic mass is 9.91. The molecule has 6 nitrogen and oxygen atoms in total. The molecule has 0 saturated heterocycles. The number of aromatic nitrogens is 3. The first-order chi connectivity index (χ1) is 13.9. The first-order valence-electron chi connectivity index (χ1n) is 9.49. The zero-order valence-electron chi connectivity index (χ0n) is 15.6. The first-order valence-corrected chi connectivity index (χ1v) is 9.49. The number of nitrogens with zero attached hydrogens (tertiary/aromatic N) is 3. The molecule has 2 heterocycles. The van der Waals surface area contributed by atoms with Crippen LogP contribution in [0.15, 0.2) is 42.7 Å². The van der Waals surface area contributed by atoms with E-state index in [-0.39, 0.29) is 23.6 Å². The van der Waals surface area contributed by atoms with E-state index >= 15 is 0 Å². The number of anilines is 3. The van der Waals surface area contributed by atoms with Gasteiger partial charge in [0.1, 0.15) is 5.82 Å². The Kier molecular flexibility index (Phi) is 5.23. The maximum Gasteiger partial charge on any atom is 0.418 e. The number of hydrogen-bond donors (Lipinski definition) is 3. The molecule has 0 amide bonds. The van der Waals surface area contributed by atoms with Crippen LogP contribution in [0, 0.1) is 0 Å². The van der Waals surface area contributed by atoms with Crippen molar-refractivity contribution < 1.29 is 13.2 Å². The van der Waals surface area contributed by atoms with Crippen LogP contribution < -0.4 is 16.4 Å². The molecular formula is C20H21F3N6. The minimum Gasteiger partial charge on any atom is -0.350 e. The third-order valence-corrected chi connectivity index (χ3v) is 5.12. The highest BCUT2D eigenvalue weighted by atomic mass is 19.4. The topological polar surface area (TPSA) is 88.8 Å². The van der Waals surface area contributed by atoms with Gasteiger partial charge in [-0.05, 0) is 31.0 Å². The smallest absolute Gasteiger partial charge is 0.350 e. The van der Waals surface area contributed by atoms with E-state index < -0.39 is 11.7 Å². The molecule has 2 atom stereocenters. The molecule has 9 heteroatoms. The van der Waals surface area contributed by atoms with Gasteiger partial charge in [0, 0.05) is 24.5 Å². The Morgan fingerprint density at radius 1 is 1.03 bits per heavy atom. The Morgan fingerprint density at radius 3 is 2.62 bits per heavy atom. The van der Waals surface area contributed by atoms with Crippen molar-refractivity contribution in [3.63, 3.8) is 0 Å². The van der Waals surface area contributed by atoms with Crippen molar-refractivity contribution in [2.24, 2.45) is 5.73 Å². The number of fused-ring (bicyclic) bond motifs is 1. The molecule has 2 aromatic heterocycles. The number of benzene rings is 1. The monoisotopic (exact) mass is 402 g/mol. The van der Waals surface area contributed by atoms with E-state index in [0.717, 1.165) is 31.7 Å². The third-order valence-electron chi connectivity index (χ3n) is 5.12. The average Bonchev–Trinajstić information content (AvgIpc) is 2.69. The lowest BCUT2D eigenvalue weighted by molar-refractivity contribution is -0.136. The summed E-state index contributed by atoms with van der Waals surface area (Å²) in [6.07, 6.45) is 2.60. The van der Waals surface area contributed by atoms with Crippen molar-refractivity contribution in [2.45, 2.75) is 43.9 Å². The minimum absolute atomic E-state index is 0.0112. The summed E-state index contributed by atoms with van der Waals surface area (Å²) in [5.41, 5.74) is 5.93. The number of rotatable bonds is 4. The summed E-state index contributed by atoms with van der Waals surface area (Å²) in [5, 5.41) is 6.62. The Balaban J connectivity index is 1.72. The molecule has 1 fully saturated rings. The largest absolute Gasteiger partial charge is 0.418 e. The lowest BCUT2D eigenvalue weighted by Crippen LogP contribution is -2.43. The number of para-hydroxylation sites is 1. The molecule has 1 aliphatic rings. The van der Waals surface area contributed by atoms with E-state index in [1.165, 1.54) is 18.3 Å². The maximum atomic E-state index is 13.4. The second kappa shape index (κ2) is 7.82. The number of hydrogen-bond acceptors (Lipinski definition) is 6. The van der Waals surface area contributed by atoms with Gasteiger partial charge >= 0.3 is 6.18 Å². The second-order valence-corrected chi connectivity index (χ2v) is 7.16. The van der Waals surface area contributed by atoms with E-state index in [2.05, 4.69) is 25.6 Å². The van der Waals surface area contributed by atoms with Crippen molar-refractivity contribution in [2.75, 3.05) is 10.6 Å². The number of nitrogens with two attached hydrogens (primary N) is 1. The van der Waals surface area contributed by atoms with Crippen molar-refractivity contribution in [1.82, 2.24) is 15.0 Å². The van der Waals surface area contributed by atoms with Gasteiger partial charge in [0.15, 0.2) is 0 Å². The standard InChI is InChI=1S/C20H21F3N6/c21-20(22,23)13-5-1-3-7-16(13)26-18-12-11-25-10-9-15(12)27-19(29-18)28-17-8-4-2-6-14(17)24/h1,3,5,7,9-11,14,17H,2,4,6,8,24H2,(H2,26,27,28,29)/t14-,17-/m1/s1. The summed E-state index contributed by atoms with van der Waals surface area (Å²) in [6.45, 7) is 0. The highest BCUT2D eigenvalue weighted by Crippen LogP contribution is 2.36. The third kappa shape index (κ3) is 4.24. The minimum atomic E-state index is -4.49. The van der Waals surface area contributed by atoms with Gasteiger partial charge < -0.3 is 16.4 Å². The van der Waals surface area contributed by atoms with Crippen LogP contribution in [0.5, 0.6) is 0 Å². The van der Waals surface area contributed by atoms with Gasteiger partial charge in [0.2, 0.25) is 5.95 Å². The van der Waals surface area contributed by atoms with Crippen LogP contribution in [0.3, 0.4) is 0 Å². The van der Waals surface area contributed by atoms with Gasteiger partial charge in [-0.1, -0.05) is 25.0 Å². The predicted molar refractivity (Wildman–Crippen MR) is 106 cm³/mol. The first kappa shape index (κ1) is 19.4. The van der Waals surface area contributed by atoms with Gasteiger partial charge in [-0.15, -0.1) is 0 Å². The molecule has 152 valence electrons. The fourth-order valence-electron chi connectivity index (χ4n) is 3.60. The van der Waals surface area contributed by atoms with Crippen LogP contribution in [0.2, 0.25) is 0 Å². The molecule has 4 rings (SSSR count). The number of nitrogens with one attached hydrogen (secondary N) is 2. The van der Waals surface area contributed by atoms with Crippen molar-refractivity contribution in [3.8, 4) is 0 Å².